The van der Waals surface area contributed by atoms with Crippen LogP contribution in [0.15, 0.2) is 42.0 Å². The average Bonchev–Trinajstić information content (AvgIpc) is 3.45. The fourth-order valence-corrected chi connectivity index (χ4v) is 5.38. The van der Waals surface area contributed by atoms with Crippen LogP contribution in [0.1, 0.15) is 70.2 Å². The van der Waals surface area contributed by atoms with Crippen molar-refractivity contribution in [2.45, 2.75) is 66.0 Å². The fourth-order valence-electron chi connectivity index (χ4n) is 5.38. The summed E-state index contributed by atoms with van der Waals surface area (Å²) in [7, 11) is 0. The number of aliphatic hydroxyl groups excluding tert-OH is 1. The first-order chi connectivity index (χ1) is 19.3. The van der Waals surface area contributed by atoms with Crippen LogP contribution in [0.4, 0.5) is 0 Å². The van der Waals surface area contributed by atoms with Crippen molar-refractivity contribution in [2.24, 2.45) is 0 Å². The summed E-state index contributed by atoms with van der Waals surface area (Å²) in [6.45, 7) is 13.8. The van der Waals surface area contributed by atoms with Gasteiger partial charge >= 0.3 is 0 Å². The van der Waals surface area contributed by atoms with E-state index in [9.17, 15) is 14.7 Å². The number of hydrogen-bond acceptors (Lipinski definition) is 7. The normalized spacial score (nSPS) is 19.7. The van der Waals surface area contributed by atoms with E-state index in [1.165, 1.54) is 0 Å². The molecule has 8 nitrogen and oxygen atoms in total. The number of ketones is 1. The summed E-state index contributed by atoms with van der Waals surface area (Å²) in [5.41, 5.74) is 2.23. The summed E-state index contributed by atoms with van der Waals surface area (Å²) in [4.78, 5) is 30.8. The van der Waals surface area contributed by atoms with Crippen molar-refractivity contribution in [1.82, 2.24) is 9.80 Å². The van der Waals surface area contributed by atoms with Gasteiger partial charge in [0, 0.05) is 25.1 Å². The molecule has 0 aliphatic carbocycles. The molecule has 40 heavy (non-hydrogen) atoms. The van der Waals surface area contributed by atoms with E-state index in [-0.39, 0.29) is 17.4 Å². The van der Waals surface area contributed by atoms with Crippen LogP contribution in [-0.4, -0.2) is 72.1 Å². The number of Topliss-reactive ketones (excluding diaryl/α,β-unsaturated/α-hetero) is 1. The number of aliphatic hydroxyl groups is 1. The number of amides is 1. The minimum absolute atomic E-state index is 0.0492. The molecule has 2 aliphatic heterocycles. The van der Waals surface area contributed by atoms with Gasteiger partial charge in [-0.25, -0.2) is 0 Å². The lowest BCUT2D eigenvalue weighted by Crippen LogP contribution is -2.38. The van der Waals surface area contributed by atoms with Crippen molar-refractivity contribution in [2.75, 3.05) is 39.4 Å². The fraction of sp³-hybridized carbons (Fsp3) is 0.500. The zero-order chi connectivity index (χ0) is 28.8. The number of ether oxygens (including phenoxy) is 3. The summed E-state index contributed by atoms with van der Waals surface area (Å²) in [5, 5.41) is 11.6. The highest BCUT2D eigenvalue weighted by Gasteiger charge is 2.46. The van der Waals surface area contributed by atoms with E-state index in [2.05, 4.69) is 25.7 Å². The van der Waals surface area contributed by atoms with Crippen LogP contribution in [0.2, 0.25) is 0 Å². The van der Waals surface area contributed by atoms with Crippen LogP contribution in [0.3, 0.4) is 0 Å². The summed E-state index contributed by atoms with van der Waals surface area (Å²) >= 11 is 0. The highest BCUT2D eigenvalue weighted by molar-refractivity contribution is 6.46. The van der Waals surface area contributed by atoms with Crippen molar-refractivity contribution in [3.63, 3.8) is 0 Å². The Bertz CT molecular complexity index is 1250. The first-order valence-corrected chi connectivity index (χ1v) is 14.5. The van der Waals surface area contributed by atoms with Gasteiger partial charge in [0.2, 0.25) is 0 Å². The molecule has 0 radical (unpaired) electrons. The second-order valence-electron chi connectivity index (χ2n) is 10.3. The summed E-state index contributed by atoms with van der Waals surface area (Å²) in [6.07, 6.45) is 2.70. The number of nitrogens with zero attached hydrogens (tertiary/aromatic N) is 2. The lowest BCUT2D eigenvalue weighted by atomic mass is 9.94. The van der Waals surface area contributed by atoms with Gasteiger partial charge in [0.25, 0.3) is 11.7 Å². The Hall–Kier alpha value is -3.52. The van der Waals surface area contributed by atoms with Gasteiger partial charge in [-0.05, 0) is 74.8 Å². The molecule has 2 atom stereocenters. The number of hydrogen-bond donors (Lipinski definition) is 1. The van der Waals surface area contributed by atoms with Gasteiger partial charge in [-0.2, -0.15) is 0 Å². The number of likely N-dealkylation sites (N-methyl/N-ethyl adjacent to an activating group) is 1. The molecule has 8 heteroatoms. The quantitative estimate of drug-likeness (QED) is 0.156. The smallest absolute Gasteiger partial charge is 0.295 e. The third-order valence-electron chi connectivity index (χ3n) is 7.60. The van der Waals surface area contributed by atoms with E-state index >= 15 is 0 Å². The molecule has 2 aliphatic rings. The molecule has 2 aromatic carbocycles. The summed E-state index contributed by atoms with van der Waals surface area (Å²) < 4.78 is 17.7. The number of rotatable bonds is 13. The Labute approximate surface area is 237 Å². The summed E-state index contributed by atoms with van der Waals surface area (Å²) in [6, 6.07) is 10.2. The number of carbonyl (C=O) groups is 2. The van der Waals surface area contributed by atoms with Crippen molar-refractivity contribution in [3.8, 4) is 17.2 Å². The van der Waals surface area contributed by atoms with Crippen molar-refractivity contribution >= 4 is 17.4 Å². The maximum atomic E-state index is 13.5. The predicted molar refractivity (Wildman–Crippen MR) is 155 cm³/mol. The van der Waals surface area contributed by atoms with E-state index in [1.807, 2.05) is 44.2 Å². The minimum atomic E-state index is -0.761. The highest BCUT2D eigenvalue weighted by Crippen LogP contribution is 2.42. The zero-order valence-corrected chi connectivity index (χ0v) is 24.4. The molecular weight excluding hydrogens is 508 g/mol. The SMILES string of the molecule is CCCCOc1ccc(C2/C(=C(/O)c3ccc4c(c3)CC(C)O4)C(=O)C(=O)N2CCN(CC)CC)cc1OCC. The molecule has 0 saturated carbocycles. The van der Waals surface area contributed by atoms with Gasteiger partial charge in [-0.15, -0.1) is 0 Å². The molecule has 2 aromatic rings. The number of benzene rings is 2. The first-order valence-electron chi connectivity index (χ1n) is 14.5. The summed E-state index contributed by atoms with van der Waals surface area (Å²) in [5.74, 6) is 0.463. The third kappa shape index (κ3) is 6.12. The monoisotopic (exact) mass is 550 g/mol. The lowest BCUT2D eigenvalue weighted by Gasteiger charge is -2.28. The maximum Gasteiger partial charge on any atom is 0.295 e. The number of carbonyl (C=O) groups excluding carboxylic acids is 2. The Balaban J connectivity index is 1.79. The molecule has 216 valence electrons. The van der Waals surface area contributed by atoms with Crippen molar-refractivity contribution < 1.29 is 28.9 Å². The van der Waals surface area contributed by atoms with E-state index in [0.29, 0.717) is 48.9 Å². The van der Waals surface area contributed by atoms with Crippen molar-refractivity contribution in [1.29, 1.82) is 0 Å². The van der Waals surface area contributed by atoms with Crippen LogP contribution in [0, 0.1) is 0 Å². The standard InChI is InChI=1S/C32H42N2O6/c1-6-10-17-39-26-14-11-22(20-27(26)38-9-4)29-28(31(36)32(37)34(29)16-15-33(7-2)8-3)30(35)23-12-13-25-24(19-23)18-21(5)40-25/h11-14,19-21,29,35H,6-10,15-18H2,1-5H3/b30-28-. The number of likely N-dealkylation sites (tertiary alicyclic amines) is 1. The van der Waals surface area contributed by atoms with E-state index < -0.39 is 17.7 Å². The average molecular weight is 551 g/mol. The van der Waals surface area contributed by atoms with Crippen LogP contribution < -0.4 is 14.2 Å². The van der Waals surface area contributed by atoms with Crippen molar-refractivity contribution in [3.05, 3.63) is 58.7 Å². The van der Waals surface area contributed by atoms with Crippen LogP contribution in [-0.2, 0) is 16.0 Å². The molecule has 0 bridgehead atoms. The Kier molecular flexibility index (Phi) is 9.74. The number of unbranched alkanes of at least 4 members (excludes halogenated alkanes) is 1. The Morgan fingerprint density at radius 3 is 2.52 bits per heavy atom. The van der Waals surface area contributed by atoms with Crippen LogP contribution in [0.5, 0.6) is 17.2 Å². The van der Waals surface area contributed by atoms with Gasteiger partial charge in [-0.3, -0.25) is 9.59 Å². The Morgan fingerprint density at radius 1 is 1.05 bits per heavy atom. The molecule has 1 N–H and O–H groups in total. The highest BCUT2D eigenvalue weighted by atomic mass is 16.5. The third-order valence-corrected chi connectivity index (χ3v) is 7.60. The molecule has 1 saturated heterocycles. The molecule has 4 rings (SSSR count). The first kappa shape index (κ1) is 29.5. The predicted octanol–water partition coefficient (Wildman–Crippen LogP) is 5.35. The second kappa shape index (κ2) is 13.2. The maximum absolute atomic E-state index is 13.5. The molecule has 0 spiro atoms. The van der Waals surface area contributed by atoms with Gasteiger partial charge < -0.3 is 29.1 Å². The van der Waals surface area contributed by atoms with E-state index in [0.717, 1.165) is 43.7 Å². The van der Waals surface area contributed by atoms with Gasteiger partial charge in [0.15, 0.2) is 11.5 Å². The molecule has 2 heterocycles. The zero-order valence-electron chi connectivity index (χ0n) is 24.4. The molecule has 0 aromatic heterocycles. The largest absolute Gasteiger partial charge is 0.507 e. The second-order valence-corrected chi connectivity index (χ2v) is 10.3. The van der Waals surface area contributed by atoms with Crippen LogP contribution in [0.25, 0.3) is 5.76 Å². The van der Waals surface area contributed by atoms with Crippen LogP contribution >= 0.6 is 0 Å². The van der Waals surface area contributed by atoms with Gasteiger partial charge in [0.1, 0.15) is 17.6 Å². The van der Waals surface area contributed by atoms with Gasteiger partial charge in [-0.1, -0.05) is 33.3 Å². The molecule has 2 unspecified atom stereocenters. The molecule has 1 fully saturated rings. The van der Waals surface area contributed by atoms with E-state index in [1.54, 1.807) is 11.0 Å². The van der Waals surface area contributed by atoms with Gasteiger partial charge in [0.05, 0.1) is 24.8 Å². The Morgan fingerprint density at radius 2 is 1.82 bits per heavy atom. The minimum Gasteiger partial charge on any atom is -0.507 e. The number of fused-ring (bicyclic) bond motifs is 1. The molecular formula is C32H42N2O6. The topological polar surface area (TPSA) is 88.5 Å². The van der Waals surface area contributed by atoms with E-state index in [4.69, 9.17) is 14.2 Å². The molecule has 1 amide bonds. The lowest BCUT2D eigenvalue weighted by molar-refractivity contribution is -0.140.